The van der Waals surface area contributed by atoms with Crippen LogP contribution in [0, 0.1) is 0 Å². The van der Waals surface area contributed by atoms with Crippen LogP contribution in [0.25, 0.3) is 10.6 Å². The third kappa shape index (κ3) is 3.55. The van der Waals surface area contributed by atoms with Gasteiger partial charge in [-0.3, -0.25) is 9.78 Å². The number of carbonyl (C=O) groups excluding carboxylic acids is 1. The molecule has 0 bridgehead atoms. The van der Waals surface area contributed by atoms with Crippen molar-refractivity contribution in [3.05, 3.63) is 58.0 Å². The highest BCUT2D eigenvalue weighted by atomic mass is 32.1. The maximum absolute atomic E-state index is 12.8. The van der Waals surface area contributed by atoms with E-state index in [1.807, 2.05) is 34.0 Å². The molecule has 1 aliphatic carbocycles. The van der Waals surface area contributed by atoms with Gasteiger partial charge in [-0.25, -0.2) is 4.98 Å². The van der Waals surface area contributed by atoms with Crippen LogP contribution in [0.15, 0.2) is 46.7 Å². The molecular weight excluding hydrogens is 338 g/mol. The average Bonchev–Trinajstić information content (AvgIpc) is 3.09. The van der Waals surface area contributed by atoms with Crippen LogP contribution in [-0.2, 0) is 17.8 Å². The lowest BCUT2D eigenvalue weighted by Crippen LogP contribution is -2.33. The Hall–Kier alpha value is -2.05. The van der Waals surface area contributed by atoms with E-state index in [-0.39, 0.29) is 5.91 Å². The summed E-state index contributed by atoms with van der Waals surface area (Å²) in [5.41, 5.74) is 3.08. The fourth-order valence-electron chi connectivity index (χ4n) is 2.66. The Labute approximate surface area is 148 Å². The van der Waals surface area contributed by atoms with Gasteiger partial charge in [0.15, 0.2) is 0 Å². The first-order valence-corrected chi connectivity index (χ1v) is 9.77. The van der Waals surface area contributed by atoms with Gasteiger partial charge in [0.2, 0.25) is 5.91 Å². The maximum atomic E-state index is 12.8. The monoisotopic (exact) mass is 355 g/mol. The zero-order valence-electron chi connectivity index (χ0n) is 13.1. The van der Waals surface area contributed by atoms with Crippen molar-refractivity contribution in [3.8, 4) is 10.6 Å². The van der Waals surface area contributed by atoms with Gasteiger partial charge in [0.05, 0.1) is 12.1 Å². The number of rotatable bonds is 6. The zero-order chi connectivity index (χ0) is 16.4. The van der Waals surface area contributed by atoms with Crippen molar-refractivity contribution in [1.82, 2.24) is 14.9 Å². The molecule has 0 radical (unpaired) electrons. The highest BCUT2D eigenvalue weighted by molar-refractivity contribution is 7.14. The van der Waals surface area contributed by atoms with Gasteiger partial charge >= 0.3 is 0 Å². The molecular formula is C18H17N3OS2. The van der Waals surface area contributed by atoms with Gasteiger partial charge in [-0.15, -0.1) is 11.3 Å². The molecule has 0 N–H and O–H groups in total. The van der Waals surface area contributed by atoms with Crippen molar-refractivity contribution in [1.29, 1.82) is 0 Å². The van der Waals surface area contributed by atoms with E-state index >= 15 is 0 Å². The summed E-state index contributed by atoms with van der Waals surface area (Å²) < 4.78 is 0. The molecule has 0 atom stereocenters. The highest BCUT2D eigenvalue weighted by Gasteiger charge is 2.32. The zero-order valence-corrected chi connectivity index (χ0v) is 14.7. The van der Waals surface area contributed by atoms with Crippen LogP contribution < -0.4 is 0 Å². The van der Waals surface area contributed by atoms with E-state index in [1.54, 1.807) is 28.9 Å². The third-order valence-electron chi connectivity index (χ3n) is 4.04. The van der Waals surface area contributed by atoms with Crippen molar-refractivity contribution in [3.63, 3.8) is 0 Å². The van der Waals surface area contributed by atoms with Crippen LogP contribution in [0.2, 0.25) is 0 Å². The van der Waals surface area contributed by atoms with Gasteiger partial charge in [0, 0.05) is 41.3 Å². The quantitative estimate of drug-likeness (QED) is 0.671. The van der Waals surface area contributed by atoms with Crippen LogP contribution in [0.1, 0.15) is 24.1 Å². The Bertz CT molecular complexity index is 810. The van der Waals surface area contributed by atoms with E-state index in [9.17, 15) is 4.79 Å². The molecule has 4 nitrogen and oxygen atoms in total. The van der Waals surface area contributed by atoms with Gasteiger partial charge in [-0.1, -0.05) is 6.07 Å². The number of pyridine rings is 1. The summed E-state index contributed by atoms with van der Waals surface area (Å²) in [6.45, 7) is 0.638. The first kappa shape index (κ1) is 15.5. The minimum atomic E-state index is 0.156. The van der Waals surface area contributed by atoms with E-state index in [0.717, 1.165) is 34.7 Å². The molecule has 0 aromatic carbocycles. The largest absolute Gasteiger partial charge is 0.335 e. The van der Waals surface area contributed by atoms with Crippen molar-refractivity contribution < 1.29 is 4.79 Å². The Morgan fingerprint density at radius 3 is 2.92 bits per heavy atom. The summed E-state index contributed by atoms with van der Waals surface area (Å²) in [6, 6.07) is 6.38. The van der Waals surface area contributed by atoms with Gasteiger partial charge < -0.3 is 4.90 Å². The molecule has 0 unspecified atom stereocenters. The van der Waals surface area contributed by atoms with Crippen molar-refractivity contribution >= 4 is 28.6 Å². The molecule has 1 aliphatic rings. The second kappa shape index (κ2) is 6.83. The molecule has 1 fully saturated rings. The van der Waals surface area contributed by atoms with Crippen molar-refractivity contribution in [2.45, 2.75) is 31.8 Å². The summed E-state index contributed by atoms with van der Waals surface area (Å²) in [7, 11) is 0. The molecule has 0 spiro atoms. The Kier molecular flexibility index (Phi) is 4.40. The smallest absolute Gasteiger partial charge is 0.229 e. The number of amides is 1. The number of nitrogens with zero attached hydrogens (tertiary/aromatic N) is 3. The number of thiazole rings is 1. The lowest BCUT2D eigenvalue weighted by molar-refractivity contribution is -0.131. The highest BCUT2D eigenvalue weighted by Crippen LogP contribution is 2.30. The average molecular weight is 355 g/mol. The number of thiophene rings is 1. The third-order valence-corrected chi connectivity index (χ3v) is 5.66. The van der Waals surface area contributed by atoms with E-state index in [2.05, 4.69) is 21.4 Å². The van der Waals surface area contributed by atoms with Crippen LogP contribution in [-0.4, -0.2) is 26.8 Å². The predicted octanol–water partition coefficient (Wildman–Crippen LogP) is 4.00. The fraction of sp³-hybridized carbons (Fsp3) is 0.278. The predicted molar refractivity (Wildman–Crippen MR) is 96.9 cm³/mol. The fourth-order valence-corrected chi connectivity index (χ4v) is 4.19. The van der Waals surface area contributed by atoms with Crippen LogP contribution >= 0.6 is 22.7 Å². The molecule has 4 rings (SSSR count). The molecule has 1 saturated carbocycles. The summed E-state index contributed by atoms with van der Waals surface area (Å²) in [5, 5.41) is 7.12. The topological polar surface area (TPSA) is 46.1 Å². The molecule has 3 aromatic heterocycles. The Morgan fingerprint density at radius 1 is 1.29 bits per heavy atom. The minimum absolute atomic E-state index is 0.156. The molecule has 3 heterocycles. The Balaban J connectivity index is 1.45. The van der Waals surface area contributed by atoms with Gasteiger partial charge in [-0.05, 0) is 35.9 Å². The maximum Gasteiger partial charge on any atom is 0.229 e. The molecule has 1 amide bonds. The Morgan fingerprint density at radius 2 is 2.21 bits per heavy atom. The number of hydrogen-bond acceptors (Lipinski definition) is 5. The summed E-state index contributed by atoms with van der Waals surface area (Å²) >= 11 is 3.27. The second-order valence-corrected chi connectivity index (χ2v) is 7.59. The van der Waals surface area contributed by atoms with E-state index < -0.39 is 0 Å². The number of aromatic nitrogens is 2. The second-order valence-electron chi connectivity index (χ2n) is 5.95. The van der Waals surface area contributed by atoms with Gasteiger partial charge in [-0.2, -0.15) is 11.3 Å². The van der Waals surface area contributed by atoms with Crippen LogP contribution in [0.5, 0.6) is 0 Å². The lowest BCUT2D eigenvalue weighted by atomic mass is 10.2. The van der Waals surface area contributed by atoms with Crippen LogP contribution in [0.4, 0.5) is 0 Å². The first-order chi connectivity index (χ1) is 11.8. The summed E-state index contributed by atoms with van der Waals surface area (Å²) in [5.74, 6) is 0.156. The number of hydrogen-bond donors (Lipinski definition) is 0. The summed E-state index contributed by atoms with van der Waals surface area (Å²) in [4.78, 5) is 23.5. The number of carbonyl (C=O) groups is 1. The molecule has 0 saturated heterocycles. The molecule has 3 aromatic rings. The van der Waals surface area contributed by atoms with Gasteiger partial charge in [0.1, 0.15) is 5.01 Å². The SMILES string of the molecule is O=C(Cc1csc(-c2ccsc2)n1)N(Cc1cccnc1)C1CC1. The molecule has 0 aliphatic heterocycles. The van der Waals surface area contributed by atoms with Gasteiger partial charge in [0.25, 0.3) is 0 Å². The minimum Gasteiger partial charge on any atom is -0.335 e. The molecule has 24 heavy (non-hydrogen) atoms. The summed E-state index contributed by atoms with van der Waals surface area (Å²) in [6.07, 6.45) is 6.16. The van der Waals surface area contributed by atoms with E-state index in [0.29, 0.717) is 19.0 Å². The van der Waals surface area contributed by atoms with Crippen LogP contribution in [0.3, 0.4) is 0 Å². The van der Waals surface area contributed by atoms with Crippen molar-refractivity contribution in [2.75, 3.05) is 0 Å². The molecule has 122 valence electrons. The lowest BCUT2D eigenvalue weighted by Gasteiger charge is -2.22. The normalized spacial score (nSPS) is 13.8. The van der Waals surface area contributed by atoms with E-state index in [4.69, 9.17) is 0 Å². The standard InChI is InChI=1S/C18H17N3OS2/c22-17(8-15-12-24-18(20-15)14-5-7-23-11-14)21(16-3-4-16)10-13-2-1-6-19-9-13/h1-2,5-7,9,11-12,16H,3-4,8,10H2. The van der Waals surface area contributed by atoms with E-state index in [1.165, 1.54) is 0 Å². The molecule has 6 heteroatoms. The van der Waals surface area contributed by atoms with Crippen molar-refractivity contribution in [2.24, 2.45) is 0 Å². The first-order valence-electron chi connectivity index (χ1n) is 7.95.